The SMILES string of the molecule is CNc1c(C(=O)Cl)cc(C#N)c2c1C(=O)c1ccccc1C2=O. The van der Waals surface area contributed by atoms with Gasteiger partial charge in [0.1, 0.15) is 0 Å². The van der Waals surface area contributed by atoms with Crippen LogP contribution < -0.4 is 5.32 Å². The smallest absolute Gasteiger partial charge is 0.254 e. The van der Waals surface area contributed by atoms with Crippen molar-refractivity contribution < 1.29 is 14.4 Å². The van der Waals surface area contributed by atoms with Crippen molar-refractivity contribution in [2.24, 2.45) is 0 Å². The molecule has 2 aromatic rings. The van der Waals surface area contributed by atoms with Crippen LogP contribution in [0.2, 0.25) is 0 Å². The van der Waals surface area contributed by atoms with Gasteiger partial charge in [0.2, 0.25) is 0 Å². The van der Waals surface area contributed by atoms with E-state index in [1.165, 1.54) is 13.1 Å². The minimum Gasteiger partial charge on any atom is -0.387 e. The van der Waals surface area contributed by atoms with E-state index in [1.807, 2.05) is 6.07 Å². The largest absolute Gasteiger partial charge is 0.387 e. The fraction of sp³-hybridized carbons (Fsp3) is 0.0588. The van der Waals surface area contributed by atoms with Gasteiger partial charge < -0.3 is 5.32 Å². The summed E-state index contributed by atoms with van der Waals surface area (Å²) in [5, 5.41) is 11.3. The first-order valence-corrected chi connectivity index (χ1v) is 7.06. The van der Waals surface area contributed by atoms with Crippen LogP contribution in [0.4, 0.5) is 5.69 Å². The van der Waals surface area contributed by atoms with E-state index in [0.29, 0.717) is 0 Å². The standard InChI is InChI=1S/C17H9ClN2O3/c1-20-14-11(17(18)23)6-8(7-19)12-13(14)16(22)10-5-3-2-4-9(10)15(12)21/h2-6,20H,1H3. The number of benzene rings is 2. The van der Waals surface area contributed by atoms with E-state index in [2.05, 4.69) is 5.32 Å². The highest BCUT2D eigenvalue weighted by Gasteiger charge is 2.35. The zero-order valence-corrected chi connectivity index (χ0v) is 12.7. The molecule has 0 bridgehead atoms. The number of carbonyl (C=O) groups excluding carboxylic acids is 3. The third-order valence-electron chi connectivity index (χ3n) is 3.78. The van der Waals surface area contributed by atoms with E-state index in [9.17, 15) is 19.6 Å². The summed E-state index contributed by atoms with van der Waals surface area (Å²) in [5.41, 5.74) is 0.604. The van der Waals surface area contributed by atoms with Crippen molar-refractivity contribution in [3.63, 3.8) is 0 Å². The Balaban J connectivity index is 2.47. The van der Waals surface area contributed by atoms with Crippen LogP contribution in [0.1, 0.15) is 47.8 Å². The molecule has 0 unspecified atom stereocenters. The molecule has 0 fully saturated rings. The quantitative estimate of drug-likeness (QED) is 0.732. The lowest BCUT2D eigenvalue weighted by atomic mass is 9.80. The molecule has 23 heavy (non-hydrogen) atoms. The second-order valence-electron chi connectivity index (χ2n) is 4.94. The summed E-state index contributed by atoms with van der Waals surface area (Å²) < 4.78 is 0. The molecule has 112 valence electrons. The summed E-state index contributed by atoms with van der Waals surface area (Å²) in [4.78, 5) is 37.2. The Labute approximate surface area is 136 Å². The number of ketones is 2. The van der Waals surface area contributed by atoms with Crippen molar-refractivity contribution in [3.05, 3.63) is 63.7 Å². The first kappa shape index (κ1) is 14.9. The molecule has 1 N–H and O–H groups in total. The van der Waals surface area contributed by atoms with Crippen molar-refractivity contribution in [2.45, 2.75) is 0 Å². The zero-order chi connectivity index (χ0) is 16.7. The Morgan fingerprint density at radius 2 is 1.70 bits per heavy atom. The van der Waals surface area contributed by atoms with Gasteiger partial charge in [-0.15, -0.1) is 0 Å². The molecule has 1 aliphatic carbocycles. The molecule has 0 heterocycles. The molecule has 0 aliphatic heterocycles. The van der Waals surface area contributed by atoms with Crippen LogP contribution >= 0.6 is 11.6 Å². The molecular weight excluding hydrogens is 316 g/mol. The molecule has 0 amide bonds. The summed E-state index contributed by atoms with van der Waals surface area (Å²) in [6, 6.07) is 9.49. The summed E-state index contributed by atoms with van der Waals surface area (Å²) in [5.74, 6) is -0.840. The van der Waals surface area contributed by atoms with Gasteiger partial charge in [-0.1, -0.05) is 24.3 Å². The van der Waals surface area contributed by atoms with Gasteiger partial charge in [-0.3, -0.25) is 14.4 Å². The van der Waals surface area contributed by atoms with Gasteiger partial charge in [0.05, 0.1) is 34.0 Å². The number of hydrogen-bond donors (Lipinski definition) is 1. The molecule has 0 aromatic heterocycles. The minimum absolute atomic E-state index is 0.00205. The summed E-state index contributed by atoms with van der Waals surface area (Å²) >= 11 is 5.56. The predicted molar refractivity (Wildman–Crippen MR) is 84.2 cm³/mol. The van der Waals surface area contributed by atoms with E-state index in [1.54, 1.807) is 24.3 Å². The second kappa shape index (κ2) is 5.34. The number of nitrogens with zero attached hydrogens (tertiary/aromatic N) is 1. The Kier molecular flexibility index (Phi) is 3.47. The van der Waals surface area contributed by atoms with E-state index in [4.69, 9.17) is 11.6 Å². The van der Waals surface area contributed by atoms with Crippen molar-refractivity contribution in [1.29, 1.82) is 5.26 Å². The van der Waals surface area contributed by atoms with Crippen molar-refractivity contribution in [2.75, 3.05) is 12.4 Å². The normalized spacial score (nSPS) is 12.2. The van der Waals surface area contributed by atoms with Crippen molar-refractivity contribution in [3.8, 4) is 6.07 Å². The van der Waals surface area contributed by atoms with Crippen LogP contribution in [0.3, 0.4) is 0 Å². The van der Waals surface area contributed by atoms with Gasteiger partial charge >= 0.3 is 0 Å². The van der Waals surface area contributed by atoms with Gasteiger partial charge in [-0.25, -0.2) is 0 Å². The highest BCUT2D eigenvalue weighted by atomic mass is 35.5. The van der Waals surface area contributed by atoms with E-state index >= 15 is 0 Å². The lowest BCUT2D eigenvalue weighted by Gasteiger charge is -2.22. The first-order valence-electron chi connectivity index (χ1n) is 6.68. The molecule has 2 aromatic carbocycles. The zero-order valence-electron chi connectivity index (χ0n) is 11.9. The van der Waals surface area contributed by atoms with Crippen LogP contribution in [0, 0.1) is 11.3 Å². The van der Waals surface area contributed by atoms with Crippen LogP contribution in [-0.4, -0.2) is 23.9 Å². The highest BCUT2D eigenvalue weighted by molar-refractivity contribution is 6.68. The number of nitrogens with one attached hydrogen (secondary N) is 1. The van der Waals surface area contributed by atoms with Crippen molar-refractivity contribution >= 4 is 34.1 Å². The number of carbonyl (C=O) groups is 3. The van der Waals surface area contributed by atoms with E-state index in [0.717, 1.165) is 0 Å². The summed E-state index contributed by atoms with van der Waals surface area (Å²) in [7, 11) is 1.52. The third-order valence-corrected chi connectivity index (χ3v) is 3.98. The second-order valence-corrected chi connectivity index (χ2v) is 5.28. The Bertz CT molecular complexity index is 942. The molecule has 1 aliphatic rings. The monoisotopic (exact) mass is 324 g/mol. The minimum atomic E-state index is -0.812. The average molecular weight is 325 g/mol. The van der Waals surface area contributed by atoms with Gasteiger partial charge in [0, 0.05) is 18.2 Å². The van der Waals surface area contributed by atoms with E-state index < -0.39 is 16.8 Å². The average Bonchev–Trinajstić information content (AvgIpc) is 2.57. The predicted octanol–water partition coefficient (Wildman–Crippen LogP) is 2.75. The lowest BCUT2D eigenvalue weighted by molar-refractivity contribution is 0.0979. The molecule has 0 saturated carbocycles. The molecule has 0 radical (unpaired) electrons. The van der Waals surface area contributed by atoms with E-state index in [-0.39, 0.29) is 39.1 Å². The van der Waals surface area contributed by atoms with Crippen LogP contribution in [-0.2, 0) is 0 Å². The van der Waals surface area contributed by atoms with Gasteiger partial charge in [0.25, 0.3) is 5.24 Å². The maximum absolute atomic E-state index is 12.8. The lowest BCUT2D eigenvalue weighted by Crippen LogP contribution is -2.24. The number of rotatable bonds is 2. The number of anilines is 1. The van der Waals surface area contributed by atoms with Crippen LogP contribution in [0.5, 0.6) is 0 Å². The molecule has 3 rings (SSSR count). The Morgan fingerprint density at radius 1 is 1.13 bits per heavy atom. The topological polar surface area (TPSA) is 87.0 Å². The van der Waals surface area contributed by atoms with Gasteiger partial charge in [-0.2, -0.15) is 5.26 Å². The molecule has 5 nitrogen and oxygen atoms in total. The Morgan fingerprint density at radius 3 is 2.17 bits per heavy atom. The van der Waals surface area contributed by atoms with Gasteiger partial charge in [-0.05, 0) is 17.7 Å². The molecule has 0 atom stereocenters. The Hall–Kier alpha value is -2.97. The number of fused-ring (bicyclic) bond motifs is 2. The maximum Gasteiger partial charge on any atom is 0.254 e. The fourth-order valence-corrected chi connectivity index (χ4v) is 2.95. The maximum atomic E-state index is 12.8. The van der Waals surface area contributed by atoms with Crippen LogP contribution in [0.25, 0.3) is 0 Å². The first-order chi connectivity index (χ1) is 11.0. The fourth-order valence-electron chi connectivity index (χ4n) is 2.80. The number of nitriles is 1. The van der Waals surface area contributed by atoms with Crippen molar-refractivity contribution in [1.82, 2.24) is 0 Å². The number of halogens is 1. The highest BCUT2D eigenvalue weighted by Crippen LogP contribution is 2.36. The number of hydrogen-bond acceptors (Lipinski definition) is 5. The third kappa shape index (κ3) is 2.04. The molecule has 0 spiro atoms. The summed E-state index contributed by atoms with van der Waals surface area (Å²) in [6.07, 6.45) is 0. The summed E-state index contributed by atoms with van der Waals surface area (Å²) in [6.45, 7) is 0. The molecular formula is C17H9ClN2O3. The molecule has 6 heteroatoms. The molecule has 0 saturated heterocycles. The van der Waals surface area contributed by atoms with Gasteiger partial charge in [0.15, 0.2) is 11.6 Å². The van der Waals surface area contributed by atoms with Crippen LogP contribution in [0.15, 0.2) is 30.3 Å².